The number of benzene rings is 2. The number of halogens is 2. The topological polar surface area (TPSA) is 29.1 Å². The molecule has 20 heavy (non-hydrogen) atoms. The van der Waals surface area contributed by atoms with Gasteiger partial charge < -0.3 is 5.32 Å². The molecule has 0 aliphatic heterocycles. The molecule has 1 heterocycles. The van der Waals surface area contributed by atoms with E-state index in [-0.39, 0.29) is 11.7 Å². The summed E-state index contributed by atoms with van der Waals surface area (Å²) in [5.41, 5.74) is 0.368. The molecule has 1 amide bonds. The van der Waals surface area contributed by atoms with Crippen LogP contribution in [0.2, 0.25) is 0 Å². The van der Waals surface area contributed by atoms with Crippen molar-refractivity contribution >= 4 is 33.0 Å². The number of amides is 1. The van der Waals surface area contributed by atoms with Crippen LogP contribution in [0.3, 0.4) is 0 Å². The molecule has 100 valence electrons. The quantitative estimate of drug-likeness (QED) is 0.743. The standard InChI is InChI=1S/C15H9F2NOS/c16-9-3-1-4-10(7-9)18-15(19)14-8-11-12(17)5-2-6-13(11)20-14/h1-8H,(H,18,19). The number of carbonyl (C=O) groups excluding carboxylic acids is 1. The van der Waals surface area contributed by atoms with Crippen LogP contribution in [0.25, 0.3) is 10.1 Å². The van der Waals surface area contributed by atoms with Crippen LogP contribution in [0, 0.1) is 11.6 Å². The van der Waals surface area contributed by atoms with Crippen LogP contribution in [0.5, 0.6) is 0 Å². The van der Waals surface area contributed by atoms with Gasteiger partial charge in [0.05, 0.1) is 4.88 Å². The summed E-state index contributed by atoms with van der Waals surface area (Å²) in [6.45, 7) is 0. The Kier molecular flexibility index (Phi) is 3.20. The maximum Gasteiger partial charge on any atom is 0.265 e. The Balaban J connectivity index is 1.91. The average Bonchev–Trinajstić information content (AvgIpc) is 2.84. The number of anilines is 1. The highest BCUT2D eigenvalue weighted by Crippen LogP contribution is 2.28. The highest BCUT2D eigenvalue weighted by molar-refractivity contribution is 7.20. The number of thiophene rings is 1. The summed E-state index contributed by atoms with van der Waals surface area (Å²) in [6, 6.07) is 11.8. The fraction of sp³-hybridized carbons (Fsp3) is 0. The van der Waals surface area contributed by atoms with Crippen molar-refractivity contribution in [1.82, 2.24) is 0 Å². The first-order valence-electron chi connectivity index (χ1n) is 5.88. The molecule has 2 nitrogen and oxygen atoms in total. The van der Waals surface area contributed by atoms with Crippen molar-refractivity contribution in [1.29, 1.82) is 0 Å². The fourth-order valence-electron chi connectivity index (χ4n) is 1.90. The Morgan fingerprint density at radius 2 is 1.85 bits per heavy atom. The monoisotopic (exact) mass is 289 g/mol. The molecule has 0 bridgehead atoms. The second-order valence-corrected chi connectivity index (χ2v) is 5.31. The van der Waals surface area contributed by atoms with E-state index < -0.39 is 5.82 Å². The predicted octanol–water partition coefficient (Wildman–Crippen LogP) is 4.43. The summed E-state index contributed by atoms with van der Waals surface area (Å²) in [5.74, 6) is -1.16. The van der Waals surface area contributed by atoms with Crippen LogP contribution >= 0.6 is 11.3 Å². The van der Waals surface area contributed by atoms with Gasteiger partial charge in [-0.15, -0.1) is 11.3 Å². The van der Waals surface area contributed by atoms with E-state index in [1.165, 1.54) is 41.7 Å². The summed E-state index contributed by atoms with van der Waals surface area (Å²) in [4.78, 5) is 12.4. The van der Waals surface area contributed by atoms with Crippen molar-refractivity contribution in [2.45, 2.75) is 0 Å². The van der Waals surface area contributed by atoms with Crippen molar-refractivity contribution in [3.05, 3.63) is 65.0 Å². The van der Waals surface area contributed by atoms with Crippen LogP contribution < -0.4 is 5.32 Å². The summed E-state index contributed by atoms with van der Waals surface area (Å²) >= 11 is 1.20. The molecule has 5 heteroatoms. The van der Waals surface area contributed by atoms with Crippen LogP contribution in [-0.4, -0.2) is 5.91 Å². The van der Waals surface area contributed by atoms with E-state index in [1.54, 1.807) is 18.2 Å². The van der Waals surface area contributed by atoms with Crippen LogP contribution in [0.15, 0.2) is 48.5 Å². The molecule has 3 aromatic rings. The second-order valence-electron chi connectivity index (χ2n) is 4.23. The number of hydrogen-bond acceptors (Lipinski definition) is 2. The van der Waals surface area contributed by atoms with Gasteiger partial charge in [-0.3, -0.25) is 4.79 Å². The first-order valence-corrected chi connectivity index (χ1v) is 6.70. The Morgan fingerprint density at radius 3 is 2.60 bits per heavy atom. The van der Waals surface area contributed by atoms with E-state index in [9.17, 15) is 13.6 Å². The molecular formula is C15H9F2NOS. The van der Waals surface area contributed by atoms with E-state index in [4.69, 9.17) is 0 Å². The van der Waals surface area contributed by atoms with Gasteiger partial charge in [-0.05, 0) is 36.4 Å². The van der Waals surface area contributed by atoms with Gasteiger partial charge in [-0.25, -0.2) is 8.78 Å². The largest absolute Gasteiger partial charge is 0.321 e. The third-order valence-corrected chi connectivity index (χ3v) is 3.91. The Bertz CT molecular complexity index is 797. The maximum absolute atomic E-state index is 13.6. The molecule has 2 aromatic carbocycles. The van der Waals surface area contributed by atoms with E-state index in [1.807, 2.05) is 0 Å². The molecule has 0 unspecified atom stereocenters. The summed E-state index contributed by atoms with van der Waals surface area (Å²) < 4.78 is 27.3. The third-order valence-electron chi connectivity index (χ3n) is 2.81. The first kappa shape index (κ1) is 12.7. The van der Waals surface area contributed by atoms with E-state index in [0.717, 1.165) is 0 Å². The lowest BCUT2D eigenvalue weighted by Crippen LogP contribution is -2.10. The molecule has 0 radical (unpaired) electrons. The van der Waals surface area contributed by atoms with Gasteiger partial charge in [0.25, 0.3) is 5.91 Å². The van der Waals surface area contributed by atoms with Gasteiger partial charge in [0, 0.05) is 15.8 Å². The van der Waals surface area contributed by atoms with Crippen LogP contribution in [0.1, 0.15) is 9.67 Å². The van der Waals surface area contributed by atoms with Crippen molar-refractivity contribution < 1.29 is 13.6 Å². The van der Waals surface area contributed by atoms with E-state index in [2.05, 4.69) is 5.32 Å². The van der Waals surface area contributed by atoms with Gasteiger partial charge in [0.1, 0.15) is 11.6 Å². The molecule has 3 rings (SSSR count). The van der Waals surface area contributed by atoms with Crippen molar-refractivity contribution in [2.75, 3.05) is 5.32 Å². The molecule has 1 aromatic heterocycles. The van der Waals surface area contributed by atoms with Crippen molar-refractivity contribution in [3.8, 4) is 0 Å². The number of carbonyl (C=O) groups is 1. The minimum atomic E-state index is -0.426. The lowest BCUT2D eigenvalue weighted by atomic mass is 10.2. The Labute approximate surface area is 117 Å². The minimum Gasteiger partial charge on any atom is -0.321 e. The normalized spacial score (nSPS) is 10.7. The molecule has 0 aliphatic rings. The molecule has 0 spiro atoms. The highest BCUT2D eigenvalue weighted by atomic mass is 32.1. The summed E-state index contributed by atoms with van der Waals surface area (Å²) in [6.07, 6.45) is 0. The SMILES string of the molecule is O=C(Nc1cccc(F)c1)c1cc2c(F)cccc2s1. The number of nitrogens with one attached hydrogen (secondary N) is 1. The van der Waals surface area contributed by atoms with Crippen LogP contribution in [0.4, 0.5) is 14.5 Å². The van der Waals surface area contributed by atoms with E-state index >= 15 is 0 Å². The van der Waals surface area contributed by atoms with Gasteiger partial charge in [-0.1, -0.05) is 12.1 Å². The van der Waals surface area contributed by atoms with Gasteiger partial charge in [-0.2, -0.15) is 0 Å². The lowest BCUT2D eigenvalue weighted by molar-refractivity contribution is 0.103. The second kappa shape index (κ2) is 5.02. The Hall–Kier alpha value is -2.27. The minimum absolute atomic E-state index is 0.358. The van der Waals surface area contributed by atoms with Crippen molar-refractivity contribution in [2.24, 2.45) is 0 Å². The zero-order valence-electron chi connectivity index (χ0n) is 10.2. The summed E-state index contributed by atoms with van der Waals surface area (Å²) in [7, 11) is 0. The first-order chi connectivity index (χ1) is 9.63. The zero-order chi connectivity index (χ0) is 14.1. The fourth-order valence-corrected chi connectivity index (χ4v) is 2.87. The number of hydrogen-bond donors (Lipinski definition) is 1. The molecule has 0 saturated carbocycles. The maximum atomic E-state index is 13.6. The van der Waals surface area contributed by atoms with Gasteiger partial charge in [0.15, 0.2) is 0 Å². The molecule has 0 aliphatic carbocycles. The third kappa shape index (κ3) is 2.40. The van der Waals surface area contributed by atoms with Crippen LogP contribution in [-0.2, 0) is 0 Å². The van der Waals surface area contributed by atoms with Crippen molar-refractivity contribution in [3.63, 3.8) is 0 Å². The van der Waals surface area contributed by atoms with E-state index in [0.29, 0.717) is 20.7 Å². The zero-order valence-corrected chi connectivity index (χ0v) is 11.0. The summed E-state index contributed by atoms with van der Waals surface area (Å²) in [5, 5.41) is 3.01. The number of rotatable bonds is 2. The Morgan fingerprint density at radius 1 is 1.05 bits per heavy atom. The average molecular weight is 289 g/mol. The highest BCUT2D eigenvalue weighted by Gasteiger charge is 2.12. The molecule has 1 N–H and O–H groups in total. The molecule has 0 atom stereocenters. The lowest BCUT2D eigenvalue weighted by Gasteiger charge is -2.02. The van der Waals surface area contributed by atoms with Gasteiger partial charge in [0.2, 0.25) is 0 Å². The molecule has 0 fully saturated rings. The molecule has 0 saturated heterocycles. The predicted molar refractivity (Wildman–Crippen MR) is 76.1 cm³/mol. The smallest absolute Gasteiger partial charge is 0.265 e. The molecular weight excluding hydrogens is 280 g/mol. The van der Waals surface area contributed by atoms with Gasteiger partial charge >= 0.3 is 0 Å². The number of fused-ring (bicyclic) bond motifs is 1.